The van der Waals surface area contributed by atoms with Gasteiger partial charge in [0.05, 0.1) is 12.7 Å². The number of carbonyl (C=O) groups excluding carboxylic acids is 1. The maximum absolute atomic E-state index is 12.8. The summed E-state index contributed by atoms with van der Waals surface area (Å²) in [6.45, 7) is 6.96. The van der Waals surface area contributed by atoms with Crippen molar-refractivity contribution in [1.29, 1.82) is 0 Å². The van der Waals surface area contributed by atoms with Crippen molar-refractivity contribution in [2.75, 3.05) is 20.2 Å². The molecule has 0 atom stereocenters. The van der Waals surface area contributed by atoms with Gasteiger partial charge >= 0.3 is 0 Å². The number of ether oxygens (including phenoxy) is 1. The van der Waals surface area contributed by atoms with Crippen LogP contribution in [-0.2, 0) is 13.0 Å². The molecule has 2 aromatic heterocycles. The van der Waals surface area contributed by atoms with Gasteiger partial charge in [0.2, 0.25) is 5.88 Å². The number of piperidine rings is 1. The zero-order valence-corrected chi connectivity index (χ0v) is 17.0. The van der Waals surface area contributed by atoms with E-state index in [1.54, 1.807) is 25.4 Å². The van der Waals surface area contributed by atoms with Gasteiger partial charge in [-0.25, -0.2) is 4.98 Å². The van der Waals surface area contributed by atoms with E-state index >= 15 is 0 Å². The number of hydrogen-bond donors (Lipinski definition) is 0. The van der Waals surface area contributed by atoms with Crippen molar-refractivity contribution in [3.63, 3.8) is 0 Å². The number of methoxy groups -OCH3 is 1. The highest BCUT2D eigenvalue weighted by molar-refractivity contribution is 5.94. The van der Waals surface area contributed by atoms with Gasteiger partial charge in [0, 0.05) is 44.2 Å². The average molecular weight is 383 g/mol. The number of fused-ring (bicyclic) bond motifs is 1. The molecule has 7 heteroatoms. The van der Waals surface area contributed by atoms with Crippen LogP contribution in [0, 0.1) is 5.41 Å². The number of hydrogen-bond acceptors (Lipinski definition) is 5. The quantitative estimate of drug-likeness (QED) is 0.814. The molecule has 0 aliphatic carbocycles. The average Bonchev–Trinajstić information content (AvgIpc) is 3.06. The van der Waals surface area contributed by atoms with Crippen LogP contribution in [0.3, 0.4) is 0 Å². The number of nitrogens with zero attached hydrogens (tertiary/aromatic N) is 5. The third kappa shape index (κ3) is 3.50. The van der Waals surface area contributed by atoms with Crippen molar-refractivity contribution in [3.05, 3.63) is 35.5 Å². The summed E-state index contributed by atoms with van der Waals surface area (Å²) in [6, 6.07) is 3.54. The first-order chi connectivity index (χ1) is 13.5. The molecular weight excluding hydrogens is 354 g/mol. The monoisotopic (exact) mass is 383 g/mol. The molecule has 0 radical (unpaired) electrons. The van der Waals surface area contributed by atoms with Crippen LogP contribution in [0.15, 0.2) is 18.3 Å². The van der Waals surface area contributed by atoms with Crippen LogP contribution in [0.2, 0.25) is 0 Å². The van der Waals surface area contributed by atoms with Gasteiger partial charge in [-0.1, -0.05) is 13.8 Å². The summed E-state index contributed by atoms with van der Waals surface area (Å²) in [4.78, 5) is 19.0. The fourth-order valence-electron chi connectivity index (χ4n) is 4.55. The molecule has 7 nitrogen and oxygen atoms in total. The van der Waals surface area contributed by atoms with Gasteiger partial charge in [0.1, 0.15) is 11.6 Å². The molecule has 2 aliphatic heterocycles. The molecule has 150 valence electrons. The van der Waals surface area contributed by atoms with E-state index < -0.39 is 0 Å². The smallest absolute Gasteiger partial charge is 0.255 e. The molecule has 1 saturated heterocycles. The highest BCUT2D eigenvalue weighted by Crippen LogP contribution is 2.42. The minimum Gasteiger partial charge on any atom is -0.481 e. The van der Waals surface area contributed by atoms with E-state index in [1.807, 2.05) is 4.90 Å². The Morgan fingerprint density at radius 2 is 1.86 bits per heavy atom. The standard InChI is InChI=1S/C21H29N5O2/c1-15(2)19-24-23-17-6-7-21(10-13-26(17)19)8-11-25(12-9-21)20(27)16-4-5-18(28-3)22-14-16/h4-5,14-15H,6-13H2,1-3H3. The van der Waals surface area contributed by atoms with Gasteiger partial charge in [0.15, 0.2) is 0 Å². The number of carbonyl (C=O) groups is 1. The van der Waals surface area contributed by atoms with Crippen molar-refractivity contribution in [1.82, 2.24) is 24.6 Å². The molecule has 0 bridgehead atoms. The molecule has 1 spiro atoms. The predicted molar refractivity (Wildman–Crippen MR) is 105 cm³/mol. The molecule has 4 rings (SSSR count). The maximum atomic E-state index is 12.8. The Morgan fingerprint density at radius 1 is 1.11 bits per heavy atom. The lowest BCUT2D eigenvalue weighted by Gasteiger charge is -2.41. The second kappa shape index (κ2) is 7.53. The zero-order valence-electron chi connectivity index (χ0n) is 17.0. The highest BCUT2D eigenvalue weighted by atomic mass is 16.5. The first-order valence-electron chi connectivity index (χ1n) is 10.2. The summed E-state index contributed by atoms with van der Waals surface area (Å²) in [7, 11) is 1.58. The zero-order chi connectivity index (χ0) is 19.7. The van der Waals surface area contributed by atoms with Crippen LogP contribution in [0.4, 0.5) is 0 Å². The van der Waals surface area contributed by atoms with Crippen molar-refractivity contribution in [2.45, 2.75) is 58.4 Å². The second-order valence-electron chi connectivity index (χ2n) is 8.41. The van der Waals surface area contributed by atoms with E-state index in [1.165, 1.54) is 0 Å². The number of rotatable bonds is 3. The molecule has 28 heavy (non-hydrogen) atoms. The van der Waals surface area contributed by atoms with Gasteiger partial charge in [-0.2, -0.15) is 0 Å². The summed E-state index contributed by atoms with van der Waals surface area (Å²) >= 11 is 0. The van der Waals surface area contributed by atoms with Crippen LogP contribution >= 0.6 is 0 Å². The lowest BCUT2D eigenvalue weighted by molar-refractivity contribution is 0.0535. The SMILES string of the molecule is COc1ccc(C(=O)N2CCC3(CCc4nnc(C(C)C)n4CC3)CC2)cn1. The first-order valence-corrected chi connectivity index (χ1v) is 10.2. The van der Waals surface area contributed by atoms with Crippen molar-refractivity contribution < 1.29 is 9.53 Å². The molecular formula is C21H29N5O2. The Morgan fingerprint density at radius 3 is 2.50 bits per heavy atom. The summed E-state index contributed by atoms with van der Waals surface area (Å²) in [6.07, 6.45) is 6.97. The van der Waals surface area contributed by atoms with E-state index in [2.05, 4.69) is 33.6 Å². The van der Waals surface area contributed by atoms with Crippen LogP contribution < -0.4 is 4.74 Å². The Balaban J connectivity index is 1.40. The van der Waals surface area contributed by atoms with Crippen LogP contribution in [0.1, 0.15) is 67.5 Å². The molecule has 0 N–H and O–H groups in total. The minimum absolute atomic E-state index is 0.0675. The maximum Gasteiger partial charge on any atom is 0.255 e. The minimum atomic E-state index is 0.0675. The molecule has 0 unspecified atom stereocenters. The lowest BCUT2D eigenvalue weighted by atomic mass is 9.72. The molecule has 0 aromatic carbocycles. The number of likely N-dealkylation sites (tertiary alicyclic amines) is 1. The molecule has 2 aliphatic rings. The summed E-state index contributed by atoms with van der Waals surface area (Å²) in [5, 5.41) is 8.84. The van der Waals surface area contributed by atoms with Gasteiger partial charge in [-0.15, -0.1) is 10.2 Å². The van der Waals surface area contributed by atoms with E-state index in [0.717, 1.165) is 63.4 Å². The van der Waals surface area contributed by atoms with Gasteiger partial charge < -0.3 is 14.2 Å². The van der Waals surface area contributed by atoms with Crippen LogP contribution in [0.25, 0.3) is 0 Å². The van der Waals surface area contributed by atoms with Crippen molar-refractivity contribution in [3.8, 4) is 5.88 Å². The van der Waals surface area contributed by atoms with Crippen molar-refractivity contribution >= 4 is 5.91 Å². The van der Waals surface area contributed by atoms with Crippen molar-refractivity contribution in [2.24, 2.45) is 5.41 Å². The van der Waals surface area contributed by atoms with E-state index in [4.69, 9.17) is 4.74 Å². The summed E-state index contributed by atoms with van der Waals surface area (Å²) in [5.74, 6) is 3.22. The fraction of sp³-hybridized carbons (Fsp3) is 0.619. The molecule has 2 aromatic rings. The third-order valence-corrected chi connectivity index (χ3v) is 6.42. The Labute approximate surface area is 166 Å². The van der Waals surface area contributed by atoms with E-state index in [-0.39, 0.29) is 5.91 Å². The normalized spacial score (nSPS) is 18.8. The van der Waals surface area contributed by atoms with Crippen LogP contribution in [-0.4, -0.2) is 50.8 Å². The fourth-order valence-corrected chi connectivity index (χ4v) is 4.55. The Bertz CT molecular complexity index is 835. The Kier molecular flexibility index (Phi) is 5.08. The highest BCUT2D eigenvalue weighted by Gasteiger charge is 2.38. The predicted octanol–water partition coefficient (Wildman–Crippen LogP) is 3.06. The number of pyridine rings is 1. The van der Waals surface area contributed by atoms with Gasteiger partial charge in [0.25, 0.3) is 5.91 Å². The first kappa shape index (κ1) is 18.9. The van der Waals surface area contributed by atoms with Gasteiger partial charge in [-0.05, 0) is 37.2 Å². The Hall–Kier alpha value is -2.44. The molecule has 4 heterocycles. The summed E-state index contributed by atoms with van der Waals surface area (Å²) in [5.41, 5.74) is 0.939. The number of amides is 1. The molecule has 1 fully saturated rings. The second-order valence-corrected chi connectivity index (χ2v) is 8.41. The van der Waals surface area contributed by atoms with E-state index in [9.17, 15) is 4.79 Å². The van der Waals surface area contributed by atoms with Gasteiger partial charge in [-0.3, -0.25) is 4.79 Å². The molecule has 0 saturated carbocycles. The molecule has 1 amide bonds. The largest absolute Gasteiger partial charge is 0.481 e. The van der Waals surface area contributed by atoms with Crippen LogP contribution in [0.5, 0.6) is 5.88 Å². The topological polar surface area (TPSA) is 73.1 Å². The summed E-state index contributed by atoms with van der Waals surface area (Å²) < 4.78 is 7.41. The lowest BCUT2D eigenvalue weighted by Crippen LogP contribution is -2.43. The number of aromatic nitrogens is 4. The third-order valence-electron chi connectivity index (χ3n) is 6.42. The number of aryl methyl sites for hydroxylation is 1. The van der Waals surface area contributed by atoms with E-state index in [0.29, 0.717) is 22.8 Å².